The molecule has 47 heavy (non-hydrogen) atoms. The predicted molar refractivity (Wildman–Crippen MR) is 187 cm³/mol. The predicted octanol–water partition coefficient (Wildman–Crippen LogP) is 6.17. The summed E-state index contributed by atoms with van der Waals surface area (Å²) in [6.07, 6.45) is 7.06. The van der Waals surface area contributed by atoms with Gasteiger partial charge in [0.1, 0.15) is 0 Å². The van der Waals surface area contributed by atoms with Crippen molar-refractivity contribution >= 4 is 48.3 Å². The molecule has 0 N–H and O–H groups in total. The van der Waals surface area contributed by atoms with E-state index in [0.29, 0.717) is 52.5 Å². The van der Waals surface area contributed by atoms with Crippen LogP contribution < -0.4 is 10.4 Å². The molecule has 0 fully saturated rings. The van der Waals surface area contributed by atoms with Crippen LogP contribution in [0.4, 0.5) is 0 Å². The van der Waals surface area contributed by atoms with Gasteiger partial charge in [-0.1, -0.05) is 24.3 Å². The molecule has 0 atom stereocenters. The number of nitrogens with zero attached hydrogens (tertiary/aromatic N) is 4. The van der Waals surface area contributed by atoms with Gasteiger partial charge in [0.15, 0.2) is 0 Å². The molecule has 0 spiro atoms. The van der Waals surface area contributed by atoms with Crippen LogP contribution in [0, 0.1) is 0 Å². The van der Waals surface area contributed by atoms with Crippen molar-refractivity contribution < 1.29 is 39.4 Å². The van der Waals surface area contributed by atoms with Crippen LogP contribution in [-0.2, 0) is 39.4 Å². The molecule has 259 valence electrons. The van der Waals surface area contributed by atoms with Gasteiger partial charge in [0.25, 0.3) is 0 Å². The number of halogens is 2. The summed E-state index contributed by atoms with van der Waals surface area (Å²) in [7, 11) is 3.71. The number of aromatic nitrogens is 4. The first kappa shape index (κ1) is 41.1. The summed E-state index contributed by atoms with van der Waals surface area (Å²) in [4.78, 5) is 17.6. The van der Waals surface area contributed by atoms with Crippen molar-refractivity contribution in [1.82, 2.24) is 19.9 Å². The quantitative estimate of drug-likeness (QED) is 0.123. The molecule has 0 saturated heterocycles. The van der Waals surface area contributed by atoms with Crippen molar-refractivity contribution in [3.05, 3.63) is 85.5 Å². The third-order valence-corrected chi connectivity index (χ3v) is 12.1. The Balaban J connectivity index is 0.000000302. The van der Waals surface area contributed by atoms with Crippen molar-refractivity contribution in [2.75, 3.05) is 39.6 Å². The van der Waals surface area contributed by atoms with Gasteiger partial charge >= 0.3 is 50.8 Å². The van der Waals surface area contributed by atoms with Crippen LogP contribution in [0.25, 0.3) is 22.8 Å². The third kappa shape index (κ3) is 12.7. The van der Waals surface area contributed by atoms with Crippen LogP contribution in [0.2, 0.25) is 0 Å². The number of pyridine rings is 4. The van der Waals surface area contributed by atoms with Crippen LogP contribution in [0.5, 0.6) is 0 Å². The Bertz CT molecular complexity index is 1230. The van der Waals surface area contributed by atoms with E-state index in [0.717, 1.165) is 33.1 Å². The SMILES string of the molecule is CCO[Si](OCC)(OCC)c1ccc(-c2ccccn2)nc1.CCO[Si](OCC)(OCC)c1ccc(-c2ccccn2)nc1.[Cl][Co][Cl]. The van der Waals surface area contributed by atoms with Crippen molar-refractivity contribution in [2.24, 2.45) is 0 Å². The summed E-state index contributed by atoms with van der Waals surface area (Å²) < 4.78 is 35.3. The Morgan fingerprint density at radius 2 is 0.766 bits per heavy atom. The van der Waals surface area contributed by atoms with Crippen LogP contribution in [-0.4, -0.2) is 77.2 Å². The monoisotopic (exact) mass is 765 g/mol. The summed E-state index contributed by atoms with van der Waals surface area (Å²) in [5.74, 6) is 0. The molecule has 0 radical (unpaired) electrons. The van der Waals surface area contributed by atoms with Gasteiger partial charge in [-0.3, -0.25) is 19.9 Å². The maximum atomic E-state index is 5.88. The zero-order valence-electron chi connectivity index (χ0n) is 27.7. The van der Waals surface area contributed by atoms with Gasteiger partial charge in [0.2, 0.25) is 0 Å². The minimum atomic E-state index is -2.88. The average Bonchev–Trinajstić information content (AvgIpc) is 3.10. The molecule has 4 aromatic heterocycles. The summed E-state index contributed by atoms with van der Waals surface area (Å²) in [5.41, 5.74) is 3.31. The molecule has 10 nitrogen and oxygen atoms in total. The standard InChI is InChI=1S/2C16H22N2O3Si.2ClH.Co/c2*1-4-19-22(20-5-2,21-6-3)14-10-11-16(18-13-14)15-9-7-8-12-17-15;;;/h2*7-13H,4-6H2,1-3H3;2*1H;/q;;;;+2/p-2. The van der Waals surface area contributed by atoms with Crippen molar-refractivity contribution in [1.29, 1.82) is 0 Å². The Morgan fingerprint density at radius 3 is 0.979 bits per heavy atom. The molecule has 0 aliphatic carbocycles. The van der Waals surface area contributed by atoms with Gasteiger partial charge in [0.05, 0.1) is 22.8 Å². The number of hydrogen-bond donors (Lipinski definition) is 0. The van der Waals surface area contributed by atoms with Gasteiger partial charge in [-0.2, -0.15) is 0 Å². The second-order valence-electron chi connectivity index (χ2n) is 9.05. The fraction of sp³-hybridized carbons (Fsp3) is 0.375. The molecule has 0 aliphatic heterocycles. The molecule has 0 aliphatic rings. The number of hydrogen-bond acceptors (Lipinski definition) is 10. The molecular weight excluding hydrogens is 722 g/mol. The van der Waals surface area contributed by atoms with Crippen LogP contribution >= 0.6 is 20.3 Å². The first-order chi connectivity index (χ1) is 22.9. The molecule has 4 aromatic rings. The second-order valence-corrected chi connectivity index (χ2v) is 15.9. The Morgan fingerprint density at radius 1 is 0.468 bits per heavy atom. The van der Waals surface area contributed by atoms with Crippen LogP contribution in [0.1, 0.15) is 41.5 Å². The van der Waals surface area contributed by atoms with Gasteiger partial charge < -0.3 is 26.6 Å². The summed E-state index contributed by atoms with van der Waals surface area (Å²) in [6, 6.07) is 19.3. The Labute approximate surface area is 295 Å². The normalized spacial score (nSPS) is 11.3. The third-order valence-electron chi connectivity index (χ3n) is 6.09. The molecule has 15 heteroatoms. The molecule has 0 unspecified atom stereocenters. The van der Waals surface area contributed by atoms with Gasteiger partial charge in [-0.25, -0.2) is 0 Å². The summed E-state index contributed by atoms with van der Waals surface area (Å²) in [5, 5.41) is 1.75. The first-order valence-electron chi connectivity index (χ1n) is 15.4. The first-order valence-corrected chi connectivity index (χ1v) is 21.7. The van der Waals surface area contributed by atoms with Crippen molar-refractivity contribution in [2.45, 2.75) is 41.5 Å². The van der Waals surface area contributed by atoms with Crippen LogP contribution in [0.15, 0.2) is 85.5 Å². The second kappa shape index (κ2) is 23.3. The molecule has 0 aromatic carbocycles. The Hall–Kier alpha value is -2.12. The molecule has 0 saturated carbocycles. The van der Waals surface area contributed by atoms with E-state index in [-0.39, 0.29) is 0 Å². The summed E-state index contributed by atoms with van der Waals surface area (Å²) in [6.45, 7) is 14.9. The fourth-order valence-electron chi connectivity index (χ4n) is 4.37. The van der Waals surface area contributed by atoms with Gasteiger partial charge in [-0.05, 0) is 77.9 Å². The Kier molecular flexibility index (Phi) is 20.3. The fourth-order valence-corrected chi connectivity index (χ4v) is 9.17. The molecule has 4 heterocycles. The van der Waals surface area contributed by atoms with Crippen molar-refractivity contribution in [3.8, 4) is 22.8 Å². The van der Waals surface area contributed by atoms with E-state index in [4.69, 9.17) is 46.8 Å². The zero-order chi connectivity index (χ0) is 34.4. The van der Waals surface area contributed by atoms with Gasteiger partial charge in [-0.15, -0.1) is 0 Å². The molecule has 0 amide bonds. The van der Waals surface area contributed by atoms with E-state index in [1.807, 2.05) is 102 Å². The zero-order valence-corrected chi connectivity index (χ0v) is 32.2. The minimum absolute atomic E-state index is 0.382. The van der Waals surface area contributed by atoms with Gasteiger partial charge in [0, 0.05) is 74.8 Å². The van der Waals surface area contributed by atoms with E-state index in [1.54, 1.807) is 24.8 Å². The number of rotatable bonds is 16. The summed E-state index contributed by atoms with van der Waals surface area (Å²) >= 11 is 0.382. The van der Waals surface area contributed by atoms with E-state index in [1.165, 1.54) is 0 Å². The van der Waals surface area contributed by atoms with Crippen molar-refractivity contribution in [3.63, 3.8) is 0 Å². The maximum absolute atomic E-state index is 5.88. The van der Waals surface area contributed by atoms with E-state index in [9.17, 15) is 0 Å². The van der Waals surface area contributed by atoms with E-state index in [2.05, 4.69) is 19.9 Å². The molecule has 4 rings (SSSR count). The topological polar surface area (TPSA) is 107 Å². The van der Waals surface area contributed by atoms with E-state index >= 15 is 0 Å². The average molecular weight is 767 g/mol. The molecular formula is C32H44Cl2CoN4O6Si2. The van der Waals surface area contributed by atoms with Crippen LogP contribution in [0.3, 0.4) is 0 Å². The molecule has 0 bridgehead atoms. The van der Waals surface area contributed by atoms with E-state index < -0.39 is 17.6 Å².